The minimum Gasteiger partial charge on any atom is -0.457 e. The Morgan fingerprint density at radius 3 is 2.45 bits per heavy atom. The summed E-state index contributed by atoms with van der Waals surface area (Å²) in [5.74, 6) is 0.605. The van der Waals surface area contributed by atoms with E-state index in [1.165, 1.54) is 6.07 Å². The molecule has 0 aromatic heterocycles. The van der Waals surface area contributed by atoms with E-state index in [0.717, 1.165) is 0 Å². The molecule has 0 aliphatic carbocycles. The summed E-state index contributed by atoms with van der Waals surface area (Å²) in [4.78, 5) is 0. The van der Waals surface area contributed by atoms with Crippen LogP contribution in [0.15, 0.2) is 48.5 Å². The van der Waals surface area contributed by atoms with Gasteiger partial charge in [0.15, 0.2) is 0 Å². The van der Waals surface area contributed by atoms with Crippen LogP contribution in [0.25, 0.3) is 5.57 Å². The van der Waals surface area contributed by atoms with Crippen molar-refractivity contribution < 1.29 is 14.2 Å². The van der Waals surface area contributed by atoms with Crippen LogP contribution >= 0.6 is 11.6 Å². The van der Waals surface area contributed by atoms with E-state index < -0.39 is 5.82 Å². The van der Waals surface area contributed by atoms with E-state index >= 15 is 0 Å². The van der Waals surface area contributed by atoms with E-state index in [1.807, 2.05) is 0 Å². The lowest BCUT2D eigenvalue weighted by molar-refractivity contribution is 0.343. The van der Waals surface area contributed by atoms with Crippen molar-refractivity contribution in [1.29, 1.82) is 0 Å². The molecule has 20 heavy (non-hydrogen) atoms. The smallest absolute Gasteiger partial charge is 0.134 e. The lowest BCUT2D eigenvalue weighted by atomic mass is 10.1. The Balaban J connectivity index is 2.21. The van der Waals surface area contributed by atoms with Gasteiger partial charge in [0.25, 0.3) is 0 Å². The molecule has 4 heteroatoms. The van der Waals surface area contributed by atoms with Gasteiger partial charge < -0.3 is 9.84 Å². The predicted octanol–water partition coefficient (Wildman–Crippen LogP) is 4.67. The summed E-state index contributed by atoms with van der Waals surface area (Å²) >= 11 is 5.78. The van der Waals surface area contributed by atoms with Crippen LogP contribution in [-0.4, -0.2) is 11.7 Å². The molecule has 0 radical (unpaired) electrons. The Hall–Kier alpha value is -1.84. The molecule has 104 valence electrons. The maximum Gasteiger partial charge on any atom is 0.134 e. The van der Waals surface area contributed by atoms with Crippen LogP contribution < -0.4 is 4.74 Å². The highest BCUT2D eigenvalue weighted by atomic mass is 35.5. The van der Waals surface area contributed by atoms with E-state index in [4.69, 9.17) is 21.4 Å². The maximum atomic E-state index is 14.0. The monoisotopic (exact) mass is 292 g/mol. The first-order valence-corrected chi connectivity index (χ1v) is 6.49. The Bertz CT molecular complexity index is 621. The average Bonchev–Trinajstić information content (AvgIpc) is 2.42. The second-order valence-corrected chi connectivity index (χ2v) is 4.70. The third-order valence-corrected chi connectivity index (χ3v) is 3.06. The highest BCUT2D eigenvalue weighted by Gasteiger charge is 2.06. The Morgan fingerprint density at radius 1 is 1.20 bits per heavy atom. The van der Waals surface area contributed by atoms with Crippen molar-refractivity contribution in [2.45, 2.75) is 6.92 Å². The fraction of sp³-hybridized carbons (Fsp3) is 0.125. The van der Waals surface area contributed by atoms with Crippen molar-refractivity contribution in [2.75, 3.05) is 6.61 Å². The average molecular weight is 293 g/mol. The molecule has 0 aliphatic rings. The van der Waals surface area contributed by atoms with Crippen LogP contribution in [0.2, 0.25) is 5.02 Å². The number of halogens is 2. The minimum atomic E-state index is -0.390. The van der Waals surface area contributed by atoms with Gasteiger partial charge in [-0.1, -0.05) is 17.7 Å². The van der Waals surface area contributed by atoms with E-state index in [2.05, 4.69) is 0 Å². The molecule has 0 unspecified atom stereocenters. The molecule has 2 nitrogen and oxygen atoms in total. The largest absolute Gasteiger partial charge is 0.457 e. The summed E-state index contributed by atoms with van der Waals surface area (Å²) in [7, 11) is 0. The molecule has 0 amide bonds. The zero-order chi connectivity index (χ0) is 14.5. The minimum absolute atomic E-state index is 0.117. The van der Waals surface area contributed by atoms with Crippen LogP contribution in [0.5, 0.6) is 11.5 Å². The van der Waals surface area contributed by atoms with E-state index in [0.29, 0.717) is 27.7 Å². The molecule has 0 bridgehead atoms. The molecule has 0 saturated carbocycles. The number of aliphatic hydroxyl groups excluding tert-OH is 1. The number of hydrogen-bond donors (Lipinski definition) is 1. The maximum absolute atomic E-state index is 14.0. The number of benzene rings is 2. The Labute approximate surface area is 122 Å². The van der Waals surface area contributed by atoms with Crippen LogP contribution in [0.1, 0.15) is 12.5 Å². The second-order valence-electron chi connectivity index (χ2n) is 4.27. The van der Waals surface area contributed by atoms with Crippen LogP contribution in [0.3, 0.4) is 0 Å². The van der Waals surface area contributed by atoms with Gasteiger partial charge in [-0.25, -0.2) is 4.39 Å². The third kappa shape index (κ3) is 3.59. The summed E-state index contributed by atoms with van der Waals surface area (Å²) in [5, 5.41) is 9.44. The summed E-state index contributed by atoms with van der Waals surface area (Å²) < 4.78 is 19.5. The number of hydrogen-bond acceptors (Lipinski definition) is 2. The first-order chi connectivity index (χ1) is 9.60. The molecular formula is C16H14ClFO2. The second kappa shape index (κ2) is 6.55. The molecule has 1 N–H and O–H groups in total. The number of rotatable bonds is 4. The van der Waals surface area contributed by atoms with Crippen LogP contribution in [0, 0.1) is 5.82 Å². The molecule has 0 saturated heterocycles. The molecule has 0 fully saturated rings. The van der Waals surface area contributed by atoms with Gasteiger partial charge in [0.2, 0.25) is 0 Å². The van der Waals surface area contributed by atoms with Gasteiger partial charge in [-0.2, -0.15) is 0 Å². The van der Waals surface area contributed by atoms with Gasteiger partial charge in [-0.15, -0.1) is 0 Å². The van der Waals surface area contributed by atoms with Crippen molar-refractivity contribution in [2.24, 2.45) is 0 Å². The molecule has 0 aliphatic heterocycles. The zero-order valence-electron chi connectivity index (χ0n) is 10.9. The van der Waals surface area contributed by atoms with E-state index in [9.17, 15) is 4.39 Å². The van der Waals surface area contributed by atoms with Gasteiger partial charge in [-0.05, 0) is 48.9 Å². The molecule has 0 spiro atoms. The lowest BCUT2D eigenvalue weighted by Gasteiger charge is -2.08. The summed E-state index contributed by atoms with van der Waals surface area (Å²) in [6, 6.07) is 11.5. The van der Waals surface area contributed by atoms with Crippen molar-refractivity contribution in [3.05, 3.63) is 64.9 Å². The van der Waals surface area contributed by atoms with Crippen molar-refractivity contribution >= 4 is 17.2 Å². The Kier molecular flexibility index (Phi) is 4.77. The van der Waals surface area contributed by atoms with E-state index in [-0.39, 0.29) is 6.61 Å². The van der Waals surface area contributed by atoms with Gasteiger partial charge in [0.05, 0.1) is 6.61 Å². The van der Waals surface area contributed by atoms with Gasteiger partial charge >= 0.3 is 0 Å². The fourth-order valence-electron chi connectivity index (χ4n) is 1.76. The van der Waals surface area contributed by atoms with Crippen molar-refractivity contribution in [3.8, 4) is 11.5 Å². The summed E-state index contributed by atoms with van der Waals surface area (Å²) in [6.45, 7) is 1.63. The Morgan fingerprint density at radius 2 is 1.85 bits per heavy atom. The molecular weight excluding hydrogens is 279 g/mol. The van der Waals surface area contributed by atoms with Crippen molar-refractivity contribution in [1.82, 2.24) is 0 Å². The van der Waals surface area contributed by atoms with Crippen LogP contribution in [0.4, 0.5) is 4.39 Å². The van der Waals surface area contributed by atoms with Gasteiger partial charge in [-0.3, -0.25) is 0 Å². The van der Waals surface area contributed by atoms with Gasteiger partial charge in [0.1, 0.15) is 17.3 Å². The highest BCUT2D eigenvalue weighted by Crippen LogP contribution is 2.27. The first-order valence-electron chi connectivity index (χ1n) is 6.11. The zero-order valence-corrected chi connectivity index (χ0v) is 11.7. The SMILES string of the molecule is CC(=CCO)c1ccc(Oc2ccc(Cl)cc2)cc1F. The predicted molar refractivity (Wildman–Crippen MR) is 78.7 cm³/mol. The quantitative estimate of drug-likeness (QED) is 0.887. The fourth-order valence-corrected chi connectivity index (χ4v) is 1.89. The van der Waals surface area contributed by atoms with Gasteiger partial charge in [0, 0.05) is 16.7 Å². The molecule has 2 aromatic carbocycles. The number of aliphatic hydroxyl groups is 1. The molecule has 0 heterocycles. The summed E-state index contributed by atoms with van der Waals surface area (Å²) in [5.41, 5.74) is 1.13. The molecule has 2 aromatic rings. The normalized spacial score (nSPS) is 11.5. The first kappa shape index (κ1) is 14.6. The standard InChI is InChI=1S/C16H14ClFO2/c1-11(8-9-19)15-7-6-14(10-16(15)18)20-13-4-2-12(17)3-5-13/h2-8,10,19H,9H2,1H3. The number of allylic oxidation sites excluding steroid dienone is 1. The van der Waals surface area contributed by atoms with Crippen LogP contribution in [-0.2, 0) is 0 Å². The third-order valence-electron chi connectivity index (χ3n) is 2.81. The molecule has 0 atom stereocenters. The highest BCUT2D eigenvalue weighted by molar-refractivity contribution is 6.30. The molecule has 2 rings (SSSR count). The lowest BCUT2D eigenvalue weighted by Crippen LogP contribution is -1.91. The topological polar surface area (TPSA) is 29.5 Å². The van der Waals surface area contributed by atoms with E-state index in [1.54, 1.807) is 49.4 Å². The number of ether oxygens (including phenoxy) is 1. The summed E-state index contributed by atoms with van der Waals surface area (Å²) in [6.07, 6.45) is 1.55. The van der Waals surface area contributed by atoms with Crippen molar-refractivity contribution in [3.63, 3.8) is 0 Å².